The fourth-order valence-corrected chi connectivity index (χ4v) is 7.28. The van der Waals surface area contributed by atoms with E-state index in [1.807, 2.05) is 24.3 Å². The Labute approximate surface area is 303 Å². The second-order valence-corrected chi connectivity index (χ2v) is 15.5. The number of rotatable bonds is 4. The summed E-state index contributed by atoms with van der Waals surface area (Å²) in [7, 11) is 0. The zero-order valence-electron chi connectivity index (χ0n) is 29.9. The average molecular weight is 691 g/mol. The number of fused-ring (bicyclic) bond motifs is 8. The van der Waals surface area contributed by atoms with Crippen molar-refractivity contribution in [1.82, 2.24) is 19.9 Å². The van der Waals surface area contributed by atoms with E-state index in [0.29, 0.717) is 26.4 Å². The smallest absolute Gasteiger partial charge is 0.188 e. The van der Waals surface area contributed by atoms with Gasteiger partial charge in [0.05, 0.1) is 60.3 Å². The Balaban J connectivity index is 1.39. The molecule has 0 saturated carbocycles. The molecule has 8 bridgehead atoms. The van der Waals surface area contributed by atoms with Gasteiger partial charge in [-0.1, -0.05) is 88.4 Å². The van der Waals surface area contributed by atoms with Crippen LogP contribution in [0.25, 0.3) is 68.6 Å². The SMILES string of the molecule is CC1(C)COC(c2c3nc(c(-c4ccccc4)c4ccc([nH]4)c(-c4ccccc4)c4ccc([nH]4)c(C4OCC(C)(C)CO4)c4nc2C=C4)C=C3)OC1. The maximum Gasteiger partial charge on any atom is 0.188 e. The van der Waals surface area contributed by atoms with Crippen molar-refractivity contribution >= 4 is 46.4 Å². The first-order valence-corrected chi connectivity index (χ1v) is 17.9. The summed E-state index contributed by atoms with van der Waals surface area (Å²) in [6, 6.07) is 29.4. The Morgan fingerprint density at radius 3 is 1.38 bits per heavy atom. The van der Waals surface area contributed by atoms with Crippen molar-refractivity contribution < 1.29 is 18.9 Å². The van der Waals surface area contributed by atoms with Crippen molar-refractivity contribution in [3.63, 3.8) is 0 Å². The molecule has 262 valence electrons. The van der Waals surface area contributed by atoms with E-state index in [4.69, 9.17) is 28.9 Å². The molecule has 52 heavy (non-hydrogen) atoms. The third kappa shape index (κ3) is 6.11. The monoisotopic (exact) mass is 690 g/mol. The van der Waals surface area contributed by atoms with Gasteiger partial charge in [-0.3, -0.25) is 0 Å². The van der Waals surface area contributed by atoms with Crippen molar-refractivity contribution in [2.24, 2.45) is 10.8 Å². The lowest BCUT2D eigenvalue weighted by Gasteiger charge is -2.35. The van der Waals surface area contributed by atoms with E-state index in [9.17, 15) is 0 Å². The first-order chi connectivity index (χ1) is 25.2. The minimum Gasteiger partial charge on any atom is -0.355 e. The van der Waals surface area contributed by atoms with Crippen LogP contribution in [0.1, 0.15) is 74.2 Å². The Morgan fingerprint density at radius 2 is 0.846 bits per heavy atom. The molecule has 2 N–H and O–H groups in total. The van der Waals surface area contributed by atoms with Crippen LogP contribution in [0.15, 0.2) is 84.9 Å². The molecule has 0 aliphatic carbocycles. The van der Waals surface area contributed by atoms with Crippen LogP contribution in [0.5, 0.6) is 0 Å². The standard InChI is InChI=1S/C44H42N4O4/c1-43(2)23-49-41(50-24-43)39-33-19-17-31(46-33)37(27-11-7-5-8-12-27)29-15-16-30(45-29)38(28-13-9-6-10-14-28)32-18-20-34(47-32)40(36-22-21-35(39)48-36)42-51-25-44(3,4)26-52-42/h5-22,41-42,45-46H,23-26H2,1-4H3. The predicted molar refractivity (Wildman–Crippen MR) is 207 cm³/mol. The van der Waals surface area contributed by atoms with Gasteiger partial charge in [0.2, 0.25) is 0 Å². The molecule has 2 aromatic carbocycles. The maximum atomic E-state index is 6.45. The summed E-state index contributed by atoms with van der Waals surface area (Å²) in [5.74, 6) is 0. The highest BCUT2D eigenvalue weighted by atomic mass is 16.7. The van der Waals surface area contributed by atoms with Gasteiger partial charge in [0, 0.05) is 44.0 Å². The number of benzene rings is 2. The van der Waals surface area contributed by atoms with Gasteiger partial charge in [0.25, 0.3) is 0 Å². The van der Waals surface area contributed by atoms with Gasteiger partial charge in [0.15, 0.2) is 12.6 Å². The minimum atomic E-state index is -0.638. The summed E-state index contributed by atoms with van der Waals surface area (Å²) in [5, 5.41) is 0. The molecule has 0 radical (unpaired) electrons. The van der Waals surface area contributed by atoms with Crippen molar-refractivity contribution in [3.05, 3.63) is 119 Å². The van der Waals surface area contributed by atoms with Gasteiger partial charge >= 0.3 is 0 Å². The summed E-state index contributed by atoms with van der Waals surface area (Å²) in [5.41, 5.74) is 12.4. The summed E-state index contributed by atoms with van der Waals surface area (Å²) in [6.07, 6.45) is 6.94. The highest BCUT2D eigenvalue weighted by molar-refractivity contribution is 5.97. The molecular formula is C44H42N4O4. The first kappa shape index (κ1) is 32.8. The third-order valence-electron chi connectivity index (χ3n) is 9.93. The Bertz CT molecular complexity index is 2370. The van der Waals surface area contributed by atoms with Crippen LogP contribution >= 0.6 is 0 Å². The zero-order chi connectivity index (χ0) is 35.5. The second-order valence-electron chi connectivity index (χ2n) is 15.5. The fraction of sp³-hybridized carbons (Fsp3) is 0.273. The summed E-state index contributed by atoms with van der Waals surface area (Å²) >= 11 is 0. The number of hydrogen-bond donors (Lipinski definition) is 2. The number of H-pyrrole nitrogens is 2. The van der Waals surface area contributed by atoms with Crippen LogP contribution in [0.4, 0.5) is 0 Å². The molecule has 4 aliphatic rings. The molecule has 3 aromatic heterocycles. The largest absolute Gasteiger partial charge is 0.355 e. The number of aromatic amines is 2. The molecule has 7 heterocycles. The van der Waals surface area contributed by atoms with E-state index in [0.717, 1.165) is 78.2 Å². The lowest BCUT2D eigenvalue weighted by Crippen LogP contribution is -2.34. The number of nitrogens with one attached hydrogen (secondary N) is 2. The Kier molecular flexibility index (Phi) is 8.08. The van der Waals surface area contributed by atoms with E-state index in [2.05, 4.69) is 123 Å². The Morgan fingerprint density at radius 1 is 0.462 bits per heavy atom. The molecule has 0 atom stereocenters. The summed E-state index contributed by atoms with van der Waals surface area (Å²) in [6.45, 7) is 10.8. The number of hydrogen-bond acceptors (Lipinski definition) is 6. The topological polar surface area (TPSA) is 94.3 Å². The molecule has 8 nitrogen and oxygen atoms in total. The lowest BCUT2D eigenvalue weighted by atomic mass is 9.95. The van der Waals surface area contributed by atoms with Crippen LogP contribution in [0, 0.1) is 10.8 Å². The van der Waals surface area contributed by atoms with Gasteiger partial charge in [-0.25, -0.2) is 9.97 Å². The van der Waals surface area contributed by atoms with Crippen LogP contribution in [-0.2, 0) is 18.9 Å². The zero-order valence-corrected chi connectivity index (χ0v) is 29.9. The Hall–Kier alpha value is -5.12. The molecule has 2 fully saturated rings. The van der Waals surface area contributed by atoms with Crippen LogP contribution in [0.2, 0.25) is 0 Å². The molecule has 8 heteroatoms. The van der Waals surface area contributed by atoms with Crippen molar-refractivity contribution in [3.8, 4) is 22.3 Å². The normalized spacial score (nSPS) is 18.5. The van der Waals surface area contributed by atoms with Crippen molar-refractivity contribution in [2.75, 3.05) is 26.4 Å². The molecule has 5 aromatic rings. The van der Waals surface area contributed by atoms with E-state index < -0.39 is 12.6 Å². The predicted octanol–water partition coefficient (Wildman–Crippen LogP) is 10.1. The minimum absolute atomic E-state index is 0.0956. The van der Waals surface area contributed by atoms with Gasteiger partial charge in [-0.05, 0) is 59.7 Å². The average Bonchev–Trinajstić information content (AvgIpc) is 3.98. The first-order valence-electron chi connectivity index (χ1n) is 17.9. The summed E-state index contributed by atoms with van der Waals surface area (Å²) < 4.78 is 25.8. The molecule has 0 amide bonds. The van der Waals surface area contributed by atoms with Crippen LogP contribution in [0.3, 0.4) is 0 Å². The molecule has 2 saturated heterocycles. The molecule has 4 aliphatic heterocycles. The van der Waals surface area contributed by atoms with E-state index in [-0.39, 0.29) is 10.8 Å². The van der Waals surface area contributed by atoms with Gasteiger partial charge < -0.3 is 28.9 Å². The highest BCUT2D eigenvalue weighted by Crippen LogP contribution is 2.40. The van der Waals surface area contributed by atoms with Crippen LogP contribution in [-0.4, -0.2) is 46.4 Å². The fourth-order valence-electron chi connectivity index (χ4n) is 7.28. The number of ether oxygens (including phenoxy) is 4. The third-order valence-corrected chi connectivity index (χ3v) is 9.93. The van der Waals surface area contributed by atoms with Gasteiger partial charge in [-0.2, -0.15) is 0 Å². The van der Waals surface area contributed by atoms with Gasteiger partial charge in [0.1, 0.15) is 0 Å². The lowest BCUT2D eigenvalue weighted by molar-refractivity contribution is -0.226. The molecule has 0 unspecified atom stereocenters. The van der Waals surface area contributed by atoms with E-state index in [1.165, 1.54) is 0 Å². The van der Waals surface area contributed by atoms with E-state index >= 15 is 0 Å². The number of nitrogens with zero attached hydrogens (tertiary/aromatic N) is 2. The quantitative estimate of drug-likeness (QED) is 0.191. The molecule has 9 rings (SSSR count). The number of aromatic nitrogens is 4. The van der Waals surface area contributed by atoms with Crippen LogP contribution < -0.4 is 0 Å². The summed E-state index contributed by atoms with van der Waals surface area (Å²) in [4.78, 5) is 18.2. The molecule has 0 spiro atoms. The van der Waals surface area contributed by atoms with Crippen molar-refractivity contribution in [2.45, 2.75) is 40.3 Å². The highest BCUT2D eigenvalue weighted by Gasteiger charge is 2.34. The second kappa shape index (κ2) is 12.8. The maximum absolute atomic E-state index is 6.45. The van der Waals surface area contributed by atoms with Gasteiger partial charge in [-0.15, -0.1) is 0 Å². The van der Waals surface area contributed by atoms with E-state index in [1.54, 1.807) is 0 Å². The van der Waals surface area contributed by atoms with Crippen molar-refractivity contribution in [1.29, 1.82) is 0 Å². The molecular weight excluding hydrogens is 649 g/mol.